The Kier molecular flexibility index (Phi) is 4.05. The lowest BCUT2D eigenvalue weighted by atomic mass is 9.97. The van der Waals surface area contributed by atoms with E-state index in [0.29, 0.717) is 18.6 Å². The summed E-state index contributed by atoms with van der Waals surface area (Å²) >= 11 is 0. The Morgan fingerprint density at radius 3 is 2.90 bits per heavy atom. The van der Waals surface area contributed by atoms with Gasteiger partial charge in [-0.2, -0.15) is 0 Å². The largest absolute Gasteiger partial charge is 0.341 e. The Morgan fingerprint density at radius 2 is 2.15 bits per heavy atom. The molecule has 0 radical (unpaired) electrons. The Hall–Kier alpha value is -1.36. The molecule has 2 unspecified atom stereocenters. The average molecular weight is 276 g/mol. The Labute approximate surface area is 120 Å². The van der Waals surface area contributed by atoms with Crippen molar-refractivity contribution >= 4 is 5.91 Å². The van der Waals surface area contributed by atoms with E-state index < -0.39 is 0 Å². The number of hydrogen-bond acceptors (Lipinski definition) is 3. The van der Waals surface area contributed by atoms with Gasteiger partial charge in [-0.15, -0.1) is 0 Å². The molecular weight excluding hydrogens is 252 g/mol. The standard InChI is InChI=1S/C15H24N4O/c1-12-5-4-6-13(17-12)14-9-16-11-19(14)10-15(20)18-7-2-3-8-18/h9,11-13,17H,2-8,10H2,1H3. The Balaban J connectivity index is 1.68. The fourth-order valence-corrected chi connectivity index (χ4v) is 3.34. The van der Waals surface area contributed by atoms with Crippen molar-refractivity contribution in [1.82, 2.24) is 19.8 Å². The normalized spacial score (nSPS) is 26.9. The minimum Gasteiger partial charge on any atom is -0.341 e. The van der Waals surface area contributed by atoms with E-state index in [2.05, 4.69) is 17.2 Å². The predicted molar refractivity (Wildman–Crippen MR) is 77.2 cm³/mol. The second-order valence-corrected chi connectivity index (χ2v) is 6.09. The van der Waals surface area contributed by atoms with Crippen molar-refractivity contribution in [2.45, 2.75) is 57.7 Å². The number of carbonyl (C=O) groups excluding carboxylic acids is 1. The maximum Gasteiger partial charge on any atom is 0.242 e. The number of amides is 1. The third-order valence-electron chi connectivity index (χ3n) is 4.48. The van der Waals surface area contributed by atoms with Crippen LogP contribution in [0.2, 0.25) is 0 Å². The number of piperidine rings is 1. The molecular formula is C15H24N4O. The molecule has 3 heterocycles. The van der Waals surface area contributed by atoms with E-state index in [1.165, 1.54) is 12.8 Å². The molecule has 5 nitrogen and oxygen atoms in total. The van der Waals surface area contributed by atoms with E-state index in [0.717, 1.165) is 38.0 Å². The Morgan fingerprint density at radius 1 is 1.35 bits per heavy atom. The molecule has 2 aliphatic heterocycles. The van der Waals surface area contributed by atoms with Gasteiger partial charge in [0.1, 0.15) is 6.54 Å². The van der Waals surface area contributed by atoms with Crippen LogP contribution in [0.3, 0.4) is 0 Å². The van der Waals surface area contributed by atoms with Crippen molar-refractivity contribution < 1.29 is 4.79 Å². The molecule has 3 rings (SSSR count). The average Bonchev–Trinajstić information content (AvgIpc) is 3.09. The van der Waals surface area contributed by atoms with Crippen LogP contribution in [-0.4, -0.2) is 39.5 Å². The van der Waals surface area contributed by atoms with E-state index in [4.69, 9.17) is 0 Å². The van der Waals surface area contributed by atoms with Crippen LogP contribution in [0, 0.1) is 0 Å². The van der Waals surface area contributed by atoms with Gasteiger partial charge < -0.3 is 14.8 Å². The Bertz CT molecular complexity index is 464. The summed E-state index contributed by atoms with van der Waals surface area (Å²) in [6.45, 7) is 4.49. The first-order chi connectivity index (χ1) is 9.74. The van der Waals surface area contributed by atoms with E-state index >= 15 is 0 Å². The highest BCUT2D eigenvalue weighted by molar-refractivity contribution is 5.76. The van der Waals surface area contributed by atoms with E-state index in [-0.39, 0.29) is 5.91 Å². The number of nitrogens with one attached hydrogen (secondary N) is 1. The van der Waals surface area contributed by atoms with Crippen LogP contribution in [0.15, 0.2) is 12.5 Å². The molecule has 0 aliphatic carbocycles. The van der Waals surface area contributed by atoms with Gasteiger partial charge in [-0.25, -0.2) is 4.98 Å². The van der Waals surface area contributed by atoms with Crippen LogP contribution in [0.5, 0.6) is 0 Å². The highest BCUT2D eigenvalue weighted by atomic mass is 16.2. The molecule has 0 spiro atoms. The summed E-state index contributed by atoms with van der Waals surface area (Å²) in [4.78, 5) is 18.5. The van der Waals surface area contributed by atoms with Crippen molar-refractivity contribution in [2.24, 2.45) is 0 Å². The van der Waals surface area contributed by atoms with Gasteiger partial charge >= 0.3 is 0 Å². The number of imidazole rings is 1. The van der Waals surface area contributed by atoms with E-state index in [9.17, 15) is 4.79 Å². The van der Waals surface area contributed by atoms with Crippen LogP contribution in [-0.2, 0) is 11.3 Å². The highest BCUT2D eigenvalue weighted by Gasteiger charge is 2.24. The zero-order valence-corrected chi connectivity index (χ0v) is 12.2. The monoisotopic (exact) mass is 276 g/mol. The summed E-state index contributed by atoms with van der Waals surface area (Å²) < 4.78 is 2.02. The summed E-state index contributed by atoms with van der Waals surface area (Å²) in [7, 11) is 0. The van der Waals surface area contributed by atoms with Crippen molar-refractivity contribution in [2.75, 3.05) is 13.1 Å². The molecule has 0 saturated carbocycles. The van der Waals surface area contributed by atoms with Crippen molar-refractivity contribution in [1.29, 1.82) is 0 Å². The summed E-state index contributed by atoms with van der Waals surface area (Å²) in [5, 5.41) is 3.62. The van der Waals surface area contributed by atoms with Gasteiger partial charge in [0.2, 0.25) is 5.91 Å². The van der Waals surface area contributed by atoms with Gasteiger partial charge in [0, 0.05) is 31.4 Å². The molecule has 2 atom stereocenters. The quantitative estimate of drug-likeness (QED) is 0.914. The van der Waals surface area contributed by atoms with Gasteiger partial charge in [-0.3, -0.25) is 4.79 Å². The SMILES string of the molecule is CC1CCCC(c2cncn2CC(=O)N2CCCC2)N1. The lowest BCUT2D eigenvalue weighted by molar-refractivity contribution is -0.130. The zero-order chi connectivity index (χ0) is 13.9. The molecule has 0 aromatic carbocycles. The van der Waals surface area contributed by atoms with Gasteiger partial charge in [0.25, 0.3) is 0 Å². The summed E-state index contributed by atoms with van der Waals surface area (Å²) in [6, 6.07) is 0.888. The first-order valence-electron chi connectivity index (χ1n) is 7.78. The minimum absolute atomic E-state index is 0.227. The molecule has 1 aromatic rings. The molecule has 0 bridgehead atoms. The first kappa shape index (κ1) is 13.6. The summed E-state index contributed by atoms with van der Waals surface area (Å²) in [5.74, 6) is 0.227. The summed E-state index contributed by atoms with van der Waals surface area (Å²) in [6.07, 6.45) is 9.60. The molecule has 2 fully saturated rings. The molecule has 1 aromatic heterocycles. The topological polar surface area (TPSA) is 50.2 Å². The van der Waals surface area contributed by atoms with Gasteiger partial charge in [0.05, 0.1) is 12.0 Å². The first-order valence-corrected chi connectivity index (χ1v) is 7.78. The lowest BCUT2D eigenvalue weighted by Gasteiger charge is -2.29. The van der Waals surface area contributed by atoms with Crippen LogP contribution >= 0.6 is 0 Å². The predicted octanol–water partition coefficient (Wildman–Crippen LogP) is 1.71. The highest BCUT2D eigenvalue weighted by Crippen LogP contribution is 2.25. The van der Waals surface area contributed by atoms with Crippen molar-refractivity contribution in [3.8, 4) is 0 Å². The maximum atomic E-state index is 12.3. The van der Waals surface area contributed by atoms with E-state index in [1.54, 1.807) is 6.33 Å². The molecule has 2 aliphatic rings. The number of carbonyl (C=O) groups is 1. The second kappa shape index (κ2) is 5.95. The number of rotatable bonds is 3. The van der Waals surface area contributed by atoms with Gasteiger partial charge in [-0.1, -0.05) is 0 Å². The molecule has 20 heavy (non-hydrogen) atoms. The number of nitrogens with zero attached hydrogens (tertiary/aromatic N) is 3. The number of likely N-dealkylation sites (tertiary alicyclic amines) is 1. The molecule has 2 saturated heterocycles. The van der Waals surface area contributed by atoms with Crippen molar-refractivity contribution in [3.05, 3.63) is 18.2 Å². The lowest BCUT2D eigenvalue weighted by Crippen LogP contribution is -2.37. The fourth-order valence-electron chi connectivity index (χ4n) is 3.34. The number of aromatic nitrogens is 2. The maximum absolute atomic E-state index is 12.3. The van der Waals surface area contributed by atoms with Crippen molar-refractivity contribution in [3.63, 3.8) is 0 Å². The fraction of sp³-hybridized carbons (Fsp3) is 0.733. The van der Waals surface area contributed by atoms with Crippen LogP contribution in [0.4, 0.5) is 0 Å². The molecule has 1 N–H and O–H groups in total. The molecule has 1 amide bonds. The van der Waals surface area contributed by atoms with Crippen LogP contribution in [0.25, 0.3) is 0 Å². The minimum atomic E-state index is 0.227. The second-order valence-electron chi connectivity index (χ2n) is 6.09. The zero-order valence-electron chi connectivity index (χ0n) is 12.2. The third-order valence-corrected chi connectivity index (χ3v) is 4.48. The van der Waals surface area contributed by atoms with Crippen LogP contribution < -0.4 is 5.32 Å². The van der Waals surface area contributed by atoms with Crippen LogP contribution in [0.1, 0.15) is 50.8 Å². The number of hydrogen-bond donors (Lipinski definition) is 1. The molecule has 110 valence electrons. The van der Waals surface area contributed by atoms with Gasteiger partial charge in [-0.05, 0) is 39.0 Å². The smallest absolute Gasteiger partial charge is 0.242 e. The van der Waals surface area contributed by atoms with Gasteiger partial charge in [0.15, 0.2) is 0 Å². The third kappa shape index (κ3) is 2.87. The molecule has 5 heteroatoms. The summed E-state index contributed by atoms with van der Waals surface area (Å²) in [5.41, 5.74) is 1.16. The van der Waals surface area contributed by atoms with E-state index in [1.807, 2.05) is 15.7 Å².